The van der Waals surface area contributed by atoms with E-state index in [1.165, 1.54) is 11.4 Å². The second-order valence-electron chi connectivity index (χ2n) is 6.95. The van der Waals surface area contributed by atoms with Crippen LogP contribution in [0, 0.1) is 5.92 Å². The number of piperazine rings is 1. The SMILES string of the molecule is COc1cc(C(C)C)ccc1S(=O)(=O)N1CCN(C(=O)C(C)C)CC1. The van der Waals surface area contributed by atoms with Gasteiger partial charge in [-0.05, 0) is 23.6 Å². The highest BCUT2D eigenvalue weighted by molar-refractivity contribution is 7.89. The molecule has 6 nitrogen and oxygen atoms in total. The van der Waals surface area contributed by atoms with Gasteiger partial charge < -0.3 is 9.64 Å². The van der Waals surface area contributed by atoms with Crippen LogP contribution in [0.4, 0.5) is 0 Å². The van der Waals surface area contributed by atoms with Crippen LogP contribution < -0.4 is 4.74 Å². The van der Waals surface area contributed by atoms with E-state index in [4.69, 9.17) is 4.74 Å². The van der Waals surface area contributed by atoms with E-state index in [0.717, 1.165) is 5.56 Å². The van der Waals surface area contributed by atoms with Crippen LogP contribution in [0.3, 0.4) is 0 Å². The predicted octanol–water partition coefficient (Wildman–Crippen LogP) is 2.31. The average molecular weight is 368 g/mol. The third kappa shape index (κ3) is 4.15. The zero-order valence-corrected chi connectivity index (χ0v) is 16.5. The van der Waals surface area contributed by atoms with Gasteiger partial charge in [0.05, 0.1) is 7.11 Å². The van der Waals surface area contributed by atoms with Gasteiger partial charge in [0.2, 0.25) is 15.9 Å². The number of hydrogen-bond donors (Lipinski definition) is 0. The van der Waals surface area contributed by atoms with Crippen molar-refractivity contribution in [1.82, 2.24) is 9.21 Å². The number of ether oxygens (including phenoxy) is 1. The van der Waals surface area contributed by atoms with Gasteiger partial charge in [-0.15, -0.1) is 0 Å². The van der Waals surface area contributed by atoms with Crippen LogP contribution in [0.1, 0.15) is 39.2 Å². The molecular formula is C18H28N2O4S. The summed E-state index contributed by atoms with van der Waals surface area (Å²) in [4.78, 5) is 14.0. The highest BCUT2D eigenvalue weighted by atomic mass is 32.2. The number of hydrogen-bond acceptors (Lipinski definition) is 4. The van der Waals surface area contributed by atoms with Crippen molar-refractivity contribution in [2.24, 2.45) is 5.92 Å². The van der Waals surface area contributed by atoms with E-state index < -0.39 is 10.0 Å². The van der Waals surface area contributed by atoms with Gasteiger partial charge in [-0.2, -0.15) is 4.31 Å². The maximum atomic E-state index is 13.0. The maximum absolute atomic E-state index is 13.0. The molecule has 25 heavy (non-hydrogen) atoms. The molecule has 140 valence electrons. The quantitative estimate of drug-likeness (QED) is 0.800. The molecule has 0 saturated carbocycles. The van der Waals surface area contributed by atoms with Crippen LogP contribution in [0.2, 0.25) is 0 Å². The van der Waals surface area contributed by atoms with Gasteiger partial charge in [-0.1, -0.05) is 33.8 Å². The van der Waals surface area contributed by atoms with Crippen molar-refractivity contribution < 1.29 is 17.9 Å². The van der Waals surface area contributed by atoms with Crippen LogP contribution in [0.5, 0.6) is 5.75 Å². The van der Waals surface area contributed by atoms with Crippen molar-refractivity contribution in [3.05, 3.63) is 23.8 Å². The average Bonchev–Trinajstić information content (AvgIpc) is 2.60. The molecule has 1 amide bonds. The van der Waals surface area contributed by atoms with Gasteiger partial charge >= 0.3 is 0 Å². The molecular weight excluding hydrogens is 340 g/mol. The molecule has 0 unspecified atom stereocenters. The van der Waals surface area contributed by atoms with E-state index in [2.05, 4.69) is 0 Å². The normalized spacial score (nSPS) is 16.5. The molecule has 2 rings (SSSR count). The van der Waals surface area contributed by atoms with E-state index in [-0.39, 0.29) is 22.6 Å². The second-order valence-corrected chi connectivity index (χ2v) is 8.86. The summed E-state index contributed by atoms with van der Waals surface area (Å²) in [5.74, 6) is 0.644. The van der Waals surface area contributed by atoms with Crippen LogP contribution in [-0.4, -0.2) is 56.8 Å². The Hall–Kier alpha value is -1.60. The molecule has 0 N–H and O–H groups in total. The van der Waals surface area contributed by atoms with Gasteiger partial charge in [0, 0.05) is 32.1 Å². The van der Waals surface area contributed by atoms with Crippen molar-refractivity contribution >= 4 is 15.9 Å². The first kappa shape index (κ1) is 19.7. The molecule has 7 heteroatoms. The van der Waals surface area contributed by atoms with Crippen LogP contribution >= 0.6 is 0 Å². The van der Waals surface area contributed by atoms with Crippen molar-refractivity contribution in [1.29, 1.82) is 0 Å². The summed E-state index contributed by atoms with van der Waals surface area (Å²) in [5, 5.41) is 0. The molecule has 0 radical (unpaired) electrons. The fourth-order valence-corrected chi connectivity index (χ4v) is 4.47. The number of amides is 1. The molecule has 0 spiro atoms. The number of methoxy groups -OCH3 is 1. The largest absolute Gasteiger partial charge is 0.495 e. The molecule has 1 aromatic carbocycles. The Balaban J connectivity index is 2.21. The number of benzene rings is 1. The number of sulfonamides is 1. The molecule has 1 aliphatic heterocycles. The van der Waals surface area contributed by atoms with Gasteiger partial charge in [0.1, 0.15) is 10.6 Å². The van der Waals surface area contributed by atoms with E-state index in [9.17, 15) is 13.2 Å². The minimum absolute atomic E-state index is 0.0657. The first-order valence-electron chi connectivity index (χ1n) is 8.65. The van der Waals surface area contributed by atoms with E-state index in [1.54, 1.807) is 17.0 Å². The summed E-state index contributed by atoms with van der Waals surface area (Å²) in [6.07, 6.45) is 0. The summed E-state index contributed by atoms with van der Waals surface area (Å²) in [6, 6.07) is 5.24. The Morgan fingerprint density at radius 1 is 1.08 bits per heavy atom. The molecule has 0 aliphatic carbocycles. The monoisotopic (exact) mass is 368 g/mol. The molecule has 1 aromatic rings. The summed E-state index contributed by atoms with van der Waals surface area (Å²) in [6.45, 7) is 9.25. The molecule has 1 heterocycles. The third-order valence-electron chi connectivity index (χ3n) is 4.52. The minimum atomic E-state index is -3.65. The van der Waals surface area contributed by atoms with E-state index in [0.29, 0.717) is 31.9 Å². The number of carbonyl (C=O) groups is 1. The fourth-order valence-electron chi connectivity index (χ4n) is 2.91. The Labute approximate surface area is 150 Å². The second kappa shape index (κ2) is 7.74. The standard InChI is InChI=1S/C18H28N2O4S/c1-13(2)15-6-7-17(16(12-15)24-5)25(22,23)20-10-8-19(9-11-20)18(21)14(3)4/h6-7,12-14H,8-11H2,1-5H3. The molecule has 0 atom stereocenters. The first-order valence-corrected chi connectivity index (χ1v) is 10.1. The van der Waals surface area contributed by atoms with Gasteiger partial charge in [-0.3, -0.25) is 4.79 Å². The lowest BCUT2D eigenvalue weighted by Gasteiger charge is -2.35. The van der Waals surface area contributed by atoms with E-state index >= 15 is 0 Å². The van der Waals surface area contributed by atoms with Crippen LogP contribution in [-0.2, 0) is 14.8 Å². The van der Waals surface area contributed by atoms with Crippen molar-refractivity contribution in [3.63, 3.8) is 0 Å². The predicted molar refractivity (Wildman–Crippen MR) is 97.3 cm³/mol. The topological polar surface area (TPSA) is 66.9 Å². The summed E-state index contributed by atoms with van der Waals surface area (Å²) < 4.78 is 32.8. The molecule has 0 bridgehead atoms. The Morgan fingerprint density at radius 3 is 2.16 bits per heavy atom. The molecule has 1 saturated heterocycles. The highest BCUT2D eigenvalue weighted by Crippen LogP contribution is 2.30. The van der Waals surface area contributed by atoms with Gasteiger partial charge in [0.15, 0.2) is 0 Å². The van der Waals surface area contributed by atoms with Crippen molar-refractivity contribution in [2.45, 2.75) is 38.5 Å². The van der Waals surface area contributed by atoms with Crippen LogP contribution in [0.15, 0.2) is 23.1 Å². The molecule has 1 fully saturated rings. The third-order valence-corrected chi connectivity index (χ3v) is 6.45. The zero-order valence-electron chi connectivity index (χ0n) is 15.7. The van der Waals surface area contributed by atoms with Gasteiger partial charge in [0.25, 0.3) is 0 Å². The number of nitrogens with zero attached hydrogens (tertiary/aromatic N) is 2. The Kier molecular flexibility index (Phi) is 6.11. The number of rotatable bonds is 5. The summed E-state index contributed by atoms with van der Waals surface area (Å²) in [7, 11) is -2.16. The summed E-state index contributed by atoms with van der Waals surface area (Å²) >= 11 is 0. The van der Waals surface area contributed by atoms with Crippen molar-refractivity contribution in [3.8, 4) is 5.75 Å². The number of carbonyl (C=O) groups excluding carboxylic acids is 1. The van der Waals surface area contributed by atoms with Gasteiger partial charge in [-0.25, -0.2) is 8.42 Å². The van der Waals surface area contributed by atoms with Crippen LogP contribution in [0.25, 0.3) is 0 Å². The van der Waals surface area contributed by atoms with Crippen molar-refractivity contribution in [2.75, 3.05) is 33.3 Å². The first-order chi connectivity index (χ1) is 11.7. The highest BCUT2D eigenvalue weighted by Gasteiger charge is 2.32. The van der Waals surface area contributed by atoms with E-state index in [1.807, 2.05) is 33.8 Å². The Bertz CT molecular complexity index is 721. The lowest BCUT2D eigenvalue weighted by Crippen LogP contribution is -2.51. The lowest BCUT2D eigenvalue weighted by molar-refractivity contribution is -0.135. The fraction of sp³-hybridized carbons (Fsp3) is 0.611. The molecule has 1 aliphatic rings. The summed E-state index contributed by atoms with van der Waals surface area (Å²) in [5.41, 5.74) is 1.03. The molecule has 0 aromatic heterocycles. The maximum Gasteiger partial charge on any atom is 0.246 e. The lowest BCUT2D eigenvalue weighted by atomic mass is 10.0. The Morgan fingerprint density at radius 2 is 1.68 bits per heavy atom. The zero-order chi connectivity index (χ0) is 18.8. The minimum Gasteiger partial charge on any atom is -0.495 e. The smallest absolute Gasteiger partial charge is 0.246 e.